The van der Waals surface area contributed by atoms with Crippen LogP contribution in [0, 0.1) is 0 Å². The van der Waals surface area contributed by atoms with Gasteiger partial charge in [-0.15, -0.1) is 5.10 Å². The monoisotopic (exact) mass is 363 g/mol. The van der Waals surface area contributed by atoms with Crippen molar-refractivity contribution >= 4 is 43.2 Å². The molecule has 1 aromatic heterocycles. The summed E-state index contributed by atoms with van der Waals surface area (Å²) >= 11 is 8.11. The SMILES string of the molecule is NCc1nnc(Oc2ccc(Br)cc2Br)s1. The van der Waals surface area contributed by atoms with E-state index in [9.17, 15) is 0 Å². The minimum atomic E-state index is 0.378. The molecule has 0 aliphatic carbocycles. The van der Waals surface area contributed by atoms with Crippen LogP contribution in [0.15, 0.2) is 27.1 Å². The molecule has 0 radical (unpaired) electrons. The lowest BCUT2D eigenvalue weighted by Gasteiger charge is -2.03. The molecule has 16 heavy (non-hydrogen) atoms. The molecule has 84 valence electrons. The summed E-state index contributed by atoms with van der Waals surface area (Å²) in [5, 5.41) is 8.99. The lowest BCUT2D eigenvalue weighted by molar-refractivity contribution is 0.470. The van der Waals surface area contributed by atoms with Gasteiger partial charge < -0.3 is 10.5 Å². The number of halogens is 2. The number of benzene rings is 1. The highest BCUT2D eigenvalue weighted by Crippen LogP contribution is 2.32. The second-order valence-corrected chi connectivity index (χ2v) is 5.64. The van der Waals surface area contributed by atoms with Crippen molar-refractivity contribution < 1.29 is 4.74 Å². The van der Waals surface area contributed by atoms with E-state index in [1.807, 2.05) is 18.2 Å². The average Bonchev–Trinajstić information content (AvgIpc) is 2.70. The first-order valence-electron chi connectivity index (χ1n) is 4.34. The van der Waals surface area contributed by atoms with E-state index in [2.05, 4.69) is 42.1 Å². The third-order valence-corrected chi connectivity index (χ3v) is 3.65. The van der Waals surface area contributed by atoms with Crippen LogP contribution < -0.4 is 10.5 Å². The van der Waals surface area contributed by atoms with Gasteiger partial charge in [-0.3, -0.25) is 0 Å². The summed E-state index contributed by atoms with van der Waals surface area (Å²) in [7, 11) is 0. The van der Waals surface area contributed by atoms with Gasteiger partial charge in [0.2, 0.25) is 0 Å². The molecule has 2 aromatic rings. The van der Waals surface area contributed by atoms with Gasteiger partial charge in [-0.1, -0.05) is 32.4 Å². The summed E-state index contributed by atoms with van der Waals surface area (Å²) in [6.07, 6.45) is 0. The van der Waals surface area contributed by atoms with Crippen molar-refractivity contribution in [3.05, 3.63) is 32.2 Å². The van der Waals surface area contributed by atoms with Gasteiger partial charge in [0.05, 0.1) is 4.47 Å². The summed E-state index contributed by atoms with van der Waals surface area (Å²) in [5.74, 6) is 0.697. The van der Waals surface area contributed by atoms with E-state index in [0.717, 1.165) is 14.0 Å². The van der Waals surface area contributed by atoms with Crippen molar-refractivity contribution in [2.45, 2.75) is 6.54 Å². The molecule has 1 heterocycles. The lowest BCUT2D eigenvalue weighted by Crippen LogP contribution is -1.94. The first-order valence-corrected chi connectivity index (χ1v) is 6.74. The molecule has 7 heteroatoms. The molecule has 0 aliphatic rings. The third-order valence-electron chi connectivity index (χ3n) is 1.71. The number of ether oxygens (including phenoxy) is 1. The van der Waals surface area contributed by atoms with Gasteiger partial charge >= 0.3 is 0 Å². The van der Waals surface area contributed by atoms with E-state index < -0.39 is 0 Å². The van der Waals surface area contributed by atoms with E-state index in [0.29, 0.717) is 17.5 Å². The predicted molar refractivity (Wildman–Crippen MR) is 69.7 cm³/mol. The molecule has 1 aromatic carbocycles. The van der Waals surface area contributed by atoms with E-state index in [1.165, 1.54) is 11.3 Å². The molecule has 0 unspecified atom stereocenters. The Kier molecular flexibility index (Phi) is 3.91. The Labute approximate surface area is 113 Å². The van der Waals surface area contributed by atoms with Gasteiger partial charge in [-0.25, -0.2) is 0 Å². The van der Waals surface area contributed by atoms with Gasteiger partial charge in [0.25, 0.3) is 5.19 Å². The van der Waals surface area contributed by atoms with Crippen molar-refractivity contribution in [3.8, 4) is 10.9 Å². The first kappa shape index (κ1) is 12.0. The lowest BCUT2D eigenvalue weighted by atomic mass is 10.3. The summed E-state index contributed by atoms with van der Waals surface area (Å²) in [6.45, 7) is 0.378. The maximum Gasteiger partial charge on any atom is 0.299 e. The Morgan fingerprint density at radius 2 is 2.12 bits per heavy atom. The first-order chi connectivity index (χ1) is 7.69. The van der Waals surface area contributed by atoms with Crippen LogP contribution >= 0.6 is 43.2 Å². The predicted octanol–water partition coefficient (Wildman–Crippen LogP) is 3.31. The van der Waals surface area contributed by atoms with Gasteiger partial charge in [-0.05, 0) is 34.1 Å². The maximum absolute atomic E-state index is 5.57. The van der Waals surface area contributed by atoms with Crippen LogP contribution in [-0.4, -0.2) is 10.2 Å². The van der Waals surface area contributed by atoms with Crippen LogP contribution in [0.1, 0.15) is 5.01 Å². The van der Waals surface area contributed by atoms with Crippen LogP contribution in [0.2, 0.25) is 0 Å². The van der Waals surface area contributed by atoms with Gasteiger partial charge in [0, 0.05) is 11.0 Å². The Morgan fingerprint density at radius 3 is 2.75 bits per heavy atom. The Morgan fingerprint density at radius 1 is 1.31 bits per heavy atom. The van der Waals surface area contributed by atoms with Gasteiger partial charge in [-0.2, -0.15) is 0 Å². The van der Waals surface area contributed by atoms with Crippen LogP contribution in [0.5, 0.6) is 10.9 Å². The highest BCUT2D eigenvalue weighted by molar-refractivity contribution is 9.11. The minimum Gasteiger partial charge on any atom is -0.429 e. The molecule has 4 nitrogen and oxygen atoms in total. The van der Waals surface area contributed by atoms with Crippen molar-refractivity contribution in [1.29, 1.82) is 0 Å². The van der Waals surface area contributed by atoms with Gasteiger partial charge in [0.15, 0.2) is 0 Å². The second-order valence-electron chi connectivity index (χ2n) is 2.84. The van der Waals surface area contributed by atoms with Gasteiger partial charge in [0.1, 0.15) is 10.8 Å². The fourth-order valence-corrected chi connectivity index (χ4v) is 2.72. The van der Waals surface area contributed by atoms with Crippen molar-refractivity contribution in [3.63, 3.8) is 0 Å². The summed E-state index contributed by atoms with van der Waals surface area (Å²) in [6, 6.07) is 5.64. The van der Waals surface area contributed by atoms with Crippen molar-refractivity contribution in [1.82, 2.24) is 10.2 Å². The molecule has 0 spiro atoms. The van der Waals surface area contributed by atoms with E-state index >= 15 is 0 Å². The van der Waals surface area contributed by atoms with Crippen LogP contribution in [0.3, 0.4) is 0 Å². The molecule has 0 amide bonds. The van der Waals surface area contributed by atoms with Crippen molar-refractivity contribution in [2.75, 3.05) is 0 Å². The van der Waals surface area contributed by atoms with Crippen LogP contribution in [-0.2, 0) is 6.54 Å². The molecule has 2 rings (SSSR count). The van der Waals surface area contributed by atoms with E-state index in [-0.39, 0.29) is 0 Å². The Balaban J connectivity index is 2.20. The van der Waals surface area contributed by atoms with E-state index in [1.54, 1.807) is 0 Å². The number of hydrogen-bond acceptors (Lipinski definition) is 5. The number of hydrogen-bond donors (Lipinski definition) is 1. The number of nitrogens with zero attached hydrogens (tertiary/aromatic N) is 2. The zero-order valence-electron chi connectivity index (χ0n) is 7.98. The second kappa shape index (κ2) is 5.22. The molecular formula is C9H7Br2N3OS. The topological polar surface area (TPSA) is 61.0 Å². The third kappa shape index (κ3) is 2.79. The number of aromatic nitrogens is 2. The summed E-state index contributed by atoms with van der Waals surface area (Å²) in [5.41, 5.74) is 5.44. The Bertz CT molecular complexity index is 503. The molecule has 0 fully saturated rings. The molecule has 0 saturated heterocycles. The normalized spacial score (nSPS) is 10.4. The quantitative estimate of drug-likeness (QED) is 0.907. The summed E-state index contributed by atoms with van der Waals surface area (Å²) < 4.78 is 7.40. The highest BCUT2D eigenvalue weighted by Gasteiger charge is 2.07. The summed E-state index contributed by atoms with van der Waals surface area (Å²) in [4.78, 5) is 0. The Hall–Kier alpha value is -0.500. The van der Waals surface area contributed by atoms with E-state index in [4.69, 9.17) is 10.5 Å². The fraction of sp³-hybridized carbons (Fsp3) is 0.111. The average molecular weight is 365 g/mol. The number of rotatable bonds is 3. The molecule has 0 atom stereocenters. The van der Waals surface area contributed by atoms with Crippen LogP contribution in [0.25, 0.3) is 0 Å². The van der Waals surface area contributed by atoms with Crippen LogP contribution in [0.4, 0.5) is 0 Å². The molecular weight excluding hydrogens is 358 g/mol. The minimum absolute atomic E-state index is 0.378. The largest absolute Gasteiger partial charge is 0.429 e. The zero-order valence-corrected chi connectivity index (χ0v) is 12.0. The number of nitrogens with two attached hydrogens (primary N) is 1. The maximum atomic E-state index is 5.57. The molecule has 2 N–H and O–H groups in total. The fourth-order valence-electron chi connectivity index (χ4n) is 1.01. The standard InChI is InChI=1S/C9H7Br2N3OS/c10-5-1-2-7(6(11)3-5)15-9-14-13-8(4-12)16-9/h1-3H,4,12H2. The van der Waals surface area contributed by atoms with Crippen molar-refractivity contribution in [2.24, 2.45) is 5.73 Å². The zero-order chi connectivity index (χ0) is 11.5. The smallest absolute Gasteiger partial charge is 0.299 e. The highest BCUT2D eigenvalue weighted by atomic mass is 79.9. The molecule has 0 bridgehead atoms. The molecule has 0 aliphatic heterocycles. The molecule has 0 saturated carbocycles.